The van der Waals surface area contributed by atoms with E-state index in [1.165, 1.54) is 25.3 Å². The van der Waals surface area contributed by atoms with Crippen LogP contribution >= 0.6 is 0 Å². The number of hydrogen-bond acceptors (Lipinski definition) is 8. The molecule has 0 fully saturated rings. The number of rotatable bonds is 7. The van der Waals surface area contributed by atoms with Crippen LogP contribution in [0.25, 0.3) is 11.1 Å². The fraction of sp³-hybridized carbons (Fsp3) is 0.310. The zero-order chi connectivity index (χ0) is 31.9. The Balaban J connectivity index is 1.90. The summed E-state index contributed by atoms with van der Waals surface area (Å²) in [6.07, 6.45) is -5.80. The Bertz CT molecular complexity index is 1690. The maximum atomic E-state index is 14.8. The summed E-state index contributed by atoms with van der Waals surface area (Å²) in [4.78, 5) is 24.1. The number of carbonyl (C=O) groups excluding carboxylic acids is 2. The topological polar surface area (TPSA) is 119 Å². The first kappa shape index (κ1) is 31.6. The van der Waals surface area contributed by atoms with E-state index in [4.69, 9.17) is 9.47 Å². The summed E-state index contributed by atoms with van der Waals surface area (Å²) in [5, 5.41) is 10.0. The van der Waals surface area contributed by atoms with Crippen molar-refractivity contribution in [2.75, 3.05) is 25.1 Å². The molecule has 1 aliphatic heterocycles. The predicted octanol–water partition coefficient (Wildman–Crippen LogP) is 5.55. The molecule has 1 N–H and O–H groups in total. The molecule has 3 aromatic rings. The third-order valence-electron chi connectivity index (χ3n) is 6.89. The second-order valence-electron chi connectivity index (χ2n) is 10.4. The Morgan fingerprint density at radius 1 is 1.05 bits per heavy atom. The van der Waals surface area contributed by atoms with Crippen LogP contribution in [0.3, 0.4) is 0 Å². The number of methoxy groups -OCH3 is 2. The van der Waals surface area contributed by atoms with Crippen LogP contribution in [-0.2, 0) is 30.5 Å². The van der Waals surface area contributed by atoms with Gasteiger partial charge in [-0.15, -0.1) is 0 Å². The molecule has 0 bridgehead atoms. The number of carbonyl (C=O) groups is 2. The van der Waals surface area contributed by atoms with E-state index in [2.05, 4.69) is 4.74 Å². The van der Waals surface area contributed by atoms with Crippen molar-refractivity contribution in [1.82, 2.24) is 0 Å². The van der Waals surface area contributed by atoms with Crippen LogP contribution in [0, 0.1) is 11.2 Å². The van der Waals surface area contributed by atoms with Crippen LogP contribution in [0.2, 0.25) is 0 Å². The van der Waals surface area contributed by atoms with Crippen LogP contribution in [0.15, 0.2) is 59.5 Å². The molecule has 0 amide bonds. The van der Waals surface area contributed by atoms with E-state index < -0.39 is 73.8 Å². The van der Waals surface area contributed by atoms with Crippen molar-refractivity contribution in [2.45, 2.75) is 37.4 Å². The zero-order valence-corrected chi connectivity index (χ0v) is 24.2. The predicted molar refractivity (Wildman–Crippen MR) is 146 cm³/mol. The van der Waals surface area contributed by atoms with E-state index in [1.807, 2.05) is 0 Å². The minimum absolute atomic E-state index is 0.0172. The Kier molecular flexibility index (Phi) is 8.38. The molecule has 0 aromatic heterocycles. The minimum atomic E-state index is -4.82. The largest absolute Gasteiger partial charge is 0.508 e. The lowest BCUT2D eigenvalue weighted by atomic mass is 9.86. The van der Waals surface area contributed by atoms with Gasteiger partial charge >= 0.3 is 18.1 Å². The van der Waals surface area contributed by atoms with Crippen molar-refractivity contribution in [3.63, 3.8) is 0 Å². The number of anilines is 1. The van der Waals surface area contributed by atoms with Gasteiger partial charge in [0, 0.05) is 18.1 Å². The van der Waals surface area contributed by atoms with E-state index >= 15 is 0 Å². The van der Waals surface area contributed by atoms with Gasteiger partial charge in [-0.05, 0) is 55.8 Å². The fourth-order valence-corrected chi connectivity index (χ4v) is 6.38. The highest BCUT2D eigenvalue weighted by atomic mass is 32.2. The molecule has 0 spiro atoms. The normalized spacial score (nSPS) is 15.3. The number of aromatic hydroxyl groups is 1. The van der Waals surface area contributed by atoms with Crippen LogP contribution in [0.1, 0.15) is 36.2 Å². The second kappa shape index (κ2) is 11.4. The molecule has 3 aromatic carbocycles. The number of hydrogen-bond donors (Lipinski definition) is 1. The molecule has 0 radical (unpaired) electrons. The monoisotopic (exact) mass is 625 g/mol. The fourth-order valence-electron chi connectivity index (χ4n) is 4.83. The highest BCUT2D eigenvalue weighted by Crippen LogP contribution is 2.43. The molecular weight excluding hydrogens is 598 g/mol. The van der Waals surface area contributed by atoms with Gasteiger partial charge in [0.15, 0.2) is 0 Å². The number of benzene rings is 3. The molecule has 9 nitrogen and oxygen atoms in total. The number of fused-ring (bicyclic) bond motifs is 1. The van der Waals surface area contributed by atoms with Crippen LogP contribution in [0.5, 0.6) is 11.5 Å². The standard InChI is InChI=1S/C29H27F4NO8S/c1-28(2,27(37)41-4)14-19-15-34(43(38,39)20-7-5-6-17(11-20)29(31,32)33)23-10-16(8-9-24(23)42-19)21-12-18(35)13-22(30)25(21)26(36)40-3/h5-13,19,35H,14-15H2,1-4H3/t19-/m0/s1. The van der Waals surface area contributed by atoms with Gasteiger partial charge in [0.2, 0.25) is 0 Å². The third-order valence-corrected chi connectivity index (χ3v) is 8.67. The summed E-state index contributed by atoms with van der Waals surface area (Å²) in [7, 11) is -2.48. The second-order valence-corrected chi connectivity index (χ2v) is 12.3. The van der Waals surface area contributed by atoms with Crippen LogP contribution in [-0.4, -0.2) is 52.3 Å². The van der Waals surface area contributed by atoms with Gasteiger partial charge in [-0.3, -0.25) is 9.10 Å². The van der Waals surface area contributed by atoms with E-state index in [9.17, 15) is 40.7 Å². The molecule has 0 saturated carbocycles. The Labute approximate surface area is 244 Å². The SMILES string of the molecule is COC(=O)c1c(F)cc(O)cc1-c1ccc2c(c1)N(S(=O)(=O)c1cccc(C(F)(F)F)c1)C[C@H](CC(C)(C)C(=O)OC)O2. The number of phenols is 1. The summed E-state index contributed by atoms with van der Waals surface area (Å²) in [6.45, 7) is 2.71. The average Bonchev–Trinajstić information content (AvgIpc) is 2.94. The quantitative estimate of drug-likeness (QED) is 0.268. The molecule has 230 valence electrons. The Hall–Kier alpha value is -4.33. The smallest absolute Gasteiger partial charge is 0.416 e. The maximum absolute atomic E-state index is 14.8. The van der Waals surface area contributed by atoms with Crippen LogP contribution in [0.4, 0.5) is 23.2 Å². The highest BCUT2D eigenvalue weighted by molar-refractivity contribution is 7.92. The summed E-state index contributed by atoms with van der Waals surface area (Å²) in [5.41, 5.74) is -3.06. The van der Waals surface area contributed by atoms with Crippen molar-refractivity contribution < 1.29 is 54.9 Å². The summed E-state index contributed by atoms with van der Waals surface area (Å²) in [5.74, 6) is -3.32. The number of nitrogens with zero attached hydrogens (tertiary/aromatic N) is 1. The van der Waals surface area contributed by atoms with Crippen molar-refractivity contribution >= 4 is 27.6 Å². The van der Waals surface area contributed by atoms with Crippen molar-refractivity contribution in [3.8, 4) is 22.6 Å². The molecule has 1 aliphatic rings. The average molecular weight is 626 g/mol. The molecule has 0 saturated heterocycles. The first-order chi connectivity index (χ1) is 20.0. The summed E-state index contributed by atoms with van der Waals surface area (Å²) in [6, 6.07) is 8.94. The lowest BCUT2D eigenvalue weighted by molar-refractivity contribution is -0.152. The molecule has 1 atom stereocenters. The Morgan fingerprint density at radius 2 is 1.74 bits per heavy atom. The number of alkyl halides is 3. The van der Waals surface area contributed by atoms with E-state index in [0.717, 1.165) is 35.7 Å². The third kappa shape index (κ3) is 6.24. The van der Waals surface area contributed by atoms with Gasteiger partial charge in [-0.1, -0.05) is 12.1 Å². The lowest BCUT2D eigenvalue weighted by Gasteiger charge is -2.38. The van der Waals surface area contributed by atoms with Gasteiger partial charge in [0.25, 0.3) is 10.0 Å². The first-order valence-corrected chi connectivity index (χ1v) is 14.1. The minimum Gasteiger partial charge on any atom is -0.508 e. The summed E-state index contributed by atoms with van der Waals surface area (Å²) < 4.78 is 99.5. The summed E-state index contributed by atoms with van der Waals surface area (Å²) >= 11 is 0. The molecule has 4 rings (SSSR count). The number of esters is 2. The van der Waals surface area contributed by atoms with Crippen molar-refractivity contribution in [3.05, 3.63) is 71.5 Å². The Morgan fingerprint density at radius 3 is 2.37 bits per heavy atom. The van der Waals surface area contributed by atoms with E-state index in [1.54, 1.807) is 13.8 Å². The van der Waals surface area contributed by atoms with E-state index in [0.29, 0.717) is 12.1 Å². The van der Waals surface area contributed by atoms with Gasteiger partial charge in [0.05, 0.1) is 42.3 Å². The van der Waals surface area contributed by atoms with E-state index in [-0.39, 0.29) is 29.0 Å². The number of ether oxygens (including phenoxy) is 3. The van der Waals surface area contributed by atoms with Gasteiger partial charge in [-0.2, -0.15) is 13.2 Å². The molecule has 0 aliphatic carbocycles. The van der Waals surface area contributed by atoms with Gasteiger partial charge in [-0.25, -0.2) is 17.6 Å². The molecule has 0 unspecified atom stereocenters. The highest BCUT2D eigenvalue weighted by Gasteiger charge is 2.41. The lowest BCUT2D eigenvalue weighted by Crippen LogP contribution is -2.46. The molecular formula is C29H27F4NO8S. The first-order valence-electron chi connectivity index (χ1n) is 12.7. The number of sulfonamides is 1. The number of phenolic OH excluding ortho intramolecular Hbond substituents is 1. The van der Waals surface area contributed by atoms with Gasteiger partial charge < -0.3 is 19.3 Å². The molecule has 1 heterocycles. The number of halogens is 4. The van der Waals surface area contributed by atoms with Gasteiger partial charge in [0.1, 0.15) is 29.0 Å². The zero-order valence-electron chi connectivity index (χ0n) is 23.4. The molecule has 14 heteroatoms. The van der Waals surface area contributed by atoms with Crippen molar-refractivity contribution in [1.29, 1.82) is 0 Å². The molecule has 43 heavy (non-hydrogen) atoms. The van der Waals surface area contributed by atoms with Crippen molar-refractivity contribution in [2.24, 2.45) is 5.41 Å². The van der Waals surface area contributed by atoms with Crippen LogP contribution < -0.4 is 9.04 Å². The maximum Gasteiger partial charge on any atom is 0.416 e.